The number of carbonyl (C=O) groups excluding carboxylic acids is 1. The highest BCUT2D eigenvalue weighted by atomic mass is 32.2. The Kier molecular flexibility index (Phi) is 6.17. The van der Waals surface area contributed by atoms with Crippen LogP contribution in [0, 0.1) is 0 Å². The molecule has 118 valence electrons. The molecule has 0 radical (unpaired) electrons. The third-order valence-corrected chi connectivity index (χ3v) is 4.56. The van der Waals surface area contributed by atoms with Crippen LogP contribution < -0.4 is 10.5 Å². The van der Waals surface area contributed by atoms with Crippen LogP contribution in [0.5, 0.6) is 0 Å². The Labute approximate surface area is 126 Å². The van der Waals surface area contributed by atoms with E-state index < -0.39 is 16.1 Å². The van der Waals surface area contributed by atoms with Gasteiger partial charge in [-0.05, 0) is 38.5 Å². The smallest absolute Gasteiger partial charge is 0.240 e. The molecule has 1 aromatic rings. The van der Waals surface area contributed by atoms with Crippen LogP contribution in [-0.2, 0) is 20.6 Å². The van der Waals surface area contributed by atoms with Gasteiger partial charge in [-0.3, -0.25) is 4.79 Å². The van der Waals surface area contributed by atoms with E-state index in [1.54, 1.807) is 36.1 Å². The van der Waals surface area contributed by atoms with E-state index >= 15 is 0 Å². The van der Waals surface area contributed by atoms with Crippen molar-refractivity contribution in [3.8, 4) is 0 Å². The van der Waals surface area contributed by atoms with Gasteiger partial charge in [0.1, 0.15) is 0 Å². The van der Waals surface area contributed by atoms with Crippen LogP contribution in [0.4, 0.5) is 5.69 Å². The van der Waals surface area contributed by atoms with Crippen molar-refractivity contribution >= 4 is 21.6 Å². The first-order chi connectivity index (χ1) is 9.79. The third-order valence-electron chi connectivity index (χ3n) is 3.14. The molecule has 0 aromatic heterocycles. The van der Waals surface area contributed by atoms with Crippen LogP contribution in [-0.4, -0.2) is 38.4 Å². The van der Waals surface area contributed by atoms with Gasteiger partial charge in [-0.1, -0.05) is 12.1 Å². The highest BCUT2D eigenvalue weighted by Gasteiger charge is 2.23. The average molecular weight is 313 g/mol. The van der Waals surface area contributed by atoms with E-state index in [9.17, 15) is 13.2 Å². The maximum Gasteiger partial charge on any atom is 0.240 e. The van der Waals surface area contributed by atoms with Gasteiger partial charge in [0.05, 0.1) is 11.8 Å². The monoisotopic (exact) mass is 313 g/mol. The van der Waals surface area contributed by atoms with Crippen LogP contribution in [0.15, 0.2) is 24.3 Å². The van der Waals surface area contributed by atoms with Crippen molar-refractivity contribution in [3.05, 3.63) is 29.8 Å². The van der Waals surface area contributed by atoms with E-state index in [4.69, 9.17) is 5.73 Å². The summed E-state index contributed by atoms with van der Waals surface area (Å²) in [5, 5.41) is 0. The quantitative estimate of drug-likeness (QED) is 0.733. The molecule has 21 heavy (non-hydrogen) atoms. The Morgan fingerprint density at radius 2 is 1.76 bits per heavy atom. The summed E-state index contributed by atoms with van der Waals surface area (Å²) >= 11 is 0. The molecule has 0 saturated carbocycles. The zero-order valence-electron chi connectivity index (χ0n) is 12.7. The summed E-state index contributed by atoms with van der Waals surface area (Å²) in [4.78, 5) is 13.7. The van der Waals surface area contributed by atoms with Crippen molar-refractivity contribution < 1.29 is 13.2 Å². The van der Waals surface area contributed by atoms with Crippen molar-refractivity contribution in [2.75, 3.05) is 18.8 Å². The highest BCUT2D eigenvalue weighted by molar-refractivity contribution is 7.88. The lowest BCUT2D eigenvalue weighted by molar-refractivity contribution is -0.132. The van der Waals surface area contributed by atoms with Gasteiger partial charge in [0.2, 0.25) is 15.9 Å². The molecule has 1 amide bonds. The minimum absolute atomic E-state index is 0.177. The Hall–Kier alpha value is -1.60. The fourth-order valence-electron chi connectivity index (χ4n) is 2.00. The molecule has 1 rings (SSSR count). The summed E-state index contributed by atoms with van der Waals surface area (Å²) in [6.45, 7) is 6.38. The molecule has 0 aliphatic rings. The van der Waals surface area contributed by atoms with E-state index in [0.717, 1.165) is 0 Å². The minimum Gasteiger partial charge on any atom is -0.399 e. The summed E-state index contributed by atoms with van der Waals surface area (Å²) < 4.78 is 26.6. The first kappa shape index (κ1) is 17.5. The van der Waals surface area contributed by atoms with Gasteiger partial charge in [-0.25, -0.2) is 13.1 Å². The number of likely N-dealkylation sites (N-methyl/N-ethyl adjacent to an activating group) is 1. The molecule has 0 saturated heterocycles. The Balaban J connectivity index is 2.71. The molecule has 0 spiro atoms. The third kappa shape index (κ3) is 5.35. The van der Waals surface area contributed by atoms with Crippen molar-refractivity contribution in [2.24, 2.45) is 0 Å². The molecule has 6 nitrogen and oxygen atoms in total. The van der Waals surface area contributed by atoms with Gasteiger partial charge in [-0.15, -0.1) is 0 Å². The molecular weight excluding hydrogens is 290 g/mol. The van der Waals surface area contributed by atoms with Gasteiger partial charge < -0.3 is 10.6 Å². The van der Waals surface area contributed by atoms with Gasteiger partial charge in [0.25, 0.3) is 0 Å². The second-order valence-electron chi connectivity index (χ2n) is 4.85. The zero-order chi connectivity index (χ0) is 16.0. The molecule has 1 aromatic carbocycles. The van der Waals surface area contributed by atoms with Crippen molar-refractivity contribution in [2.45, 2.75) is 32.6 Å². The van der Waals surface area contributed by atoms with Gasteiger partial charge >= 0.3 is 0 Å². The number of anilines is 1. The molecule has 1 unspecified atom stereocenters. The normalized spacial score (nSPS) is 12.9. The molecule has 0 heterocycles. The number of nitrogen functional groups attached to an aromatic ring is 1. The Bertz CT molecular complexity index is 566. The summed E-state index contributed by atoms with van der Waals surface area (Å²) in [6, 6.07) is 5.84. The number of nitrogens with one attached hydrogen (secondary N) is 1. The number of amides is 1. The van der Waals surface area contributed by atoms with Gasteiger partial charge in [0, 0.05) is 18.8 Å². The fraction of sp³-hybridized carbons (Fsp3) is 0.500. The Morgan fingerprint density at radius 3 is 2.24 bits per heavy atom. The molecule has 3 N–H and O–H groups in total. The molecule has 7 heteroatoms. The lowest BCUT2D eigenvalue weighted by atomic mass is 10.2. The van der Waals surface area contributed by atoms with E-state index in [-0.39, 0.29) is 11.7 Å². The summed E-state index contributed by atoms with van der Waals surface area (Å²) in [6.07, 6.45) is 0. The summed E-state index contributed by atoms with van der Waals surface area (Å²) in [5.74, 6) is -0.399. The maximum absolute atomic E-state index is 12.1. The first-order valence-corrected chi connectivity index (χ1v) is 8.57. The van der Waals surface area contributed by atoms with Crippen LogP contribution >= 0.6 is 0 Å². The number of carbonyl (C=O) groups is 1. The van der Waals surface area contributed by atoms with Crippen LogP contribution in [0.3, 0.4) is 0 Å². The predicted molar refractivity (Wildman–Crippen MR) is 84.0 cm³/mol. The van der Waals surface area contributed by atoms with E-state index in [1.165, 1.54) is 0 Å². The number of hydrogen-bond acceptors (Lipinski definition) is 4. The zero-order valence-corrected chi connectivity index (χ0v) is 13.5. The lowest BCUT2D eigenvalue weighted by Gasteiger charge is -2.23. The summed E-state index contributed by atoms with van der Waals surface area (Å²) in [7, 11) is -3.58. The van der Waals surface area contributed by atoms with E-state index in [0.29, 0.717) is 24.3 Å². The molecule has 0 aliphatic carbocycles. The van der Waals surface area contributed by atoms with E-state index in [1.807, 2.05) is 13.8 Å². The largest absolute Gasteiger partial charge is 0.399 e. The maximum atomic E-state index is 12.1. The van der Waals surface area contributed by atoms with Crippen LogP contribution in [0.2, 0.25) is 0 Å². The first-order valence-electron chi connectivity index (χ1n) is 6.92. The standard InChI is InChI=1S/C14H23N3O3S/c1-4-17(5-2)14(18)11(3)16-21(19,20)10-12-6-8-13(15)9-7-12/h6-9,11,16H,4-5,10,15H2,1-3H3. The topological polar surface area (TPSA) is 92.5 Å². The highest BCUT2D eigenvalue weighted by Crippen LogP contribution is 2.09. The second kappa shape index (κ2) is 7.42. The van der Waals surface area contributed by atoms with Gasteiger partial charge in [0.15, 0.2) is 0 Å². The molecule has 1 atom stereocenters. The number of nitrogens with zero attached hydrogens (tertiary/aromatic N) is 1. The second-order valence-corrected chi connectivity index (χ2v) is 6.60. The average Bonchev–Trinajstić information content (AvgIpc) is 2.41. The number of benzene rings is 1. The Morgan fingerprint density at radius 1 is 1.24 bits per heavy atom. The summed E-state index contributed by atoms with van der Waals surface area (Å²) in [5.41, 5.74) is 6.76. The van der Waals surface area contributed by atoms with Crippen molar-refractivity contribution in [3.63, 3.8) is 0 Å². The number of rotatable bonds is 7. The van der Waals surface area contributed by atoms with E-state index in [2.05, 4.69) is 4.72 Å². The predicted octanol–water partition coefficient (Wildman–Crippen LogP) is 0.945. The fourth-order valence-corrected chi connectivity index (χ4v) is 3.36. The molecular formula is C14H23N3O3S. The number of sulfonamides is 1. The van der Waals surface area contributed by atoms with Crippen LogP contribution in [0.25, 0.3) is 0 Å². The van der Waals surface area contributed by atoms with Crippen LogP contribution in [0.1, 0.15) is 26.3 Å². The SMILES string of the molecule is CCN(CC)C(=O)C(C)NS(=O)(=O)Cc1ccc(N)cc1. The molecule has 0 aliphatic heterocycles. The molecule has 0 bridgehead atoms. The number of nitrogens with two attached hydrogens (primary N) is 1. The molecule has 0 fully saturated rings. The minimum atomic E-state index is -3.58. The van der Waals surface area contributed by atoms with Gasteiger partial charge in [-0.2, -0.15) is 0 Å². The van der Waals surface area contributed by atoms with Crippen molar-refractivity contribution in [1.29, 1.82) is 0 Å². The number of hydrogen-bond donors (Lipinski definition) is 2. The lowest BCUT2D eigenvalue weighted by Crippen LogP contribution is -2.47. The van der Waals surface area contributed by atoms with Crippen molar-refractivity contribution in [1.82, 2.24) is 9.62 Å².